The number of benzene rings is 1. The van der Waals surface area contributed by atoms with Crippen LogP contribution in [0, 0.1) is 28.6 Å². The van der Waals surface area contributed by atoms with E-state index in [1.165, 1.54) is 0 Å². The summed E-state index contributed by atoms with van der Waals surface area (Å²) in [4.78, 5) is 2.04. The first-order valence-electron chi connectivity index (χ1n) is 7.45. The molecule has 1 saturated heterocycles. The second kappa shape index (κ2) is 6.12. The van der Waals surface area contributed by atoms with E-state index in [0.29, 0.717) is 29.9 Å². The van der Waals surface area contributed by atoms with Gasteiger partial charge in [-0.05, 0) is 17.7 Å². The summed E-state index contributed by atoms with van der Waals surface area (Å²) in [7, 11) is 1.86. The van der Waals surface area contributed by atoms with Crippen LogP contribution in [0.3, 0.4) is 0 Å². The van der Waals surface area contributed by atoms with Crippen molar-refractivity contribution >= 4 is 5.69 Å². The van der Waals surface area contributed by atoms with E-state index in [2.05, 4.69) is 17.2 Å². The highest BCUT2D eigenvalue weighted by molar-refractivity contribution is 5.69. The lowest BCUT2D eigenvalue weighted by Gasteiger charge is -2.21. The maximum atomic E-state index is 9.74. The number of hydrogen-bond donors (Lipinski definition) is 1. The molecule has 116 valence electrons. The monoisotopic (exact) mass is 307 g/mol. The molecule has 6 heteroatoms. The zero-order valence-corrected chi connectivity index (χ0v) is 12.8. The van der Waals surface area contributed by atoms with Gasteiger partial charge in [-0.1, -0.05) is 6.07 Å². The van der Waals surface area contributed by atoms with Crippen LogP contribution in [0.15, 0.2) is 30.6 Å². The largest absolute Gasteiger partial charge is 0.396 e. The van der Waals surface area contributed by atoms with Crippen molar-refractivity contribution < 1.29 is 5.11 Å². The molecule has 0 unspecified atom stereocenters. The lowest BCUT2D eigenvalue weighted by molar-refractivity contribution is 0.227. The van der Waals surface area contributed by atoms with Gasteiger partial charge in [0.05, 0.1) is 23.0 Å². The molecule has 6 nitrogen and oxygen atoms in total. The summed E-state index contributed by atoms with van der Waals surface area (Å²) in [5.74, 6) is 0.185. The molecule has 2 heterocycles. The third-order valence-corrected chi connectivity index (χ3v) is 4.42. The number of nitrogens with zero attached hydrogens (tertiary/aromatic N) is 5. The number of hydrogen-bond acceptors (Lipinski definition) is 5. The minimum absolute atomic E-state index is 0.0532. The van der Waals surface area contributed by atoms with Gasteiger partial charge in [0.1, 0.15) is 12.1 Å². The molecule has 1 aromatic heterocycles. The molecule has 3 rings (SSSR count). The third-order valence-electron chi connectivity index (χ3n) is 4.42. The van der Waals surface area contributed by atoms with Crippen molar-refractivity contribution in [3.05, 3.63) is 47.3 Å². The average molecular weight is 307 g/mol. The SMILES string of the molecule is Cn1cc([C@@H]2CN(c3c(C#N)cccc3C#N)C[C@H]2CO)cn1. The fourth-order valence-corrected chi connectivity index (χ4v) is 3.31. The Morgan fingerprint density at radius 3 is 2.48 bits per heavy atom. The van der Waals surface area contributed by atoms with E-state index in [4.69, 9.17) is 0 Å². The van der Waals surface area contributed by atoms with Crippen molar-refractivity contribution in [3.63, 3.8) is 0 Å². The van der Waals surface area contributed by atoms with Crippen LogP contribution in [0.4, 0.5) is 5.69 Å². The fraction of sp³-hybridized carbons (Fsp3) is 0.353. The summed E-state index contributed by atoms with van der Waals surface area (Å²) in [6.45, 7) is 1.33. The normalized spacial score (nSPS) is 20.3. The summed E-state index contributed by atoms with van der Waals surface area (Å²) in [6, 6.07) is 9.50. The first-order valence-corrected chi connectivity index (χ1v) is 7.45. The molecule has 0 bridgehead atoms. The Labute approximate surface area is 134 Å². The lowest BCUT2D eigenvalue weighted by atomic mass is 9.92. The van der Waals surface area contributed by atoms with Crippen LogP contribution in [0.25, 0.3) is 0 Å². The highest BCUT2D eigenvalue weighted by atomic mass is 16.3. The number of anilines is 1. The number of aliphatic hydroxyl groups is 1. The molecule has 0 spiro atoms. The van der Waals surface area contributed by atoms with Crippen LogP contribution in [0.1, 0.15) is 22.6 Å². The molecule has 1 aliphatic rings. The van der Waals surface area contributed by atoms with Crippen LogP contribution in [0.2, 0.25) is 0 Å². The van der Waals surface area contributed by atoms with Crippen LogP contribution in [-0.2, 0) is 7.05 Å². The first kappa shape index (κ1) is 15.1. The van der Waals surface area contributed by atoms with Crippen LogP contribution in [-0.4, -0.2) is 34.6 Å². The van der Waals surface area contributed by atoms with Crippen molar-refractivity contribution in [1.82, 2.24) is 9.78 Å². The summed E-state index contributed by atoms with van der Waals surface area (Å²) >= 11 is 0. The summed E-state index contributed by atoms with van der Waals surface area (Å²) < 4.78 is 1.75. The van der Waals surface area contributed by atoms with E-state index in [-0.39, 0.29) is 18.4 Å². The number of aliphatic hydroxyl groups excluding tert-OH is 1. The molecule has 2 atom stereocenters. The molecule has 1 aliphatic heterocycles. The van der Waals surface area contributed by atoms with Gasteiger partial charge in [-0.3, -0.25) is 4.68 Å². The predicted molar refractivity (Wildman–Crippen MR) is 84.6 cm³/mol. The van der Waals surface area contributed by atoms with E-state index >= 15 is 0 Å². The van der Waals surface area contributed by atoms with E-state index in [1.54, 1.807) is 22.9 Å². The van der Waals surface area contributed by atoms with Gasteiger partial charge in [0, 0.05) is 44.8 Å². The molecule has 0 aliphatic carbocycles. The molecule has 0 radical (unpaired) electrons. The van der Waals surface area contributed by atoms with Crippen molar-refractivity contribution in [2.75, 3.05) is 24.6 Å². The van der Waals surface area contributed by atoms with Gasteiger partial charge in [0.25, 0.3) is 0 Å². The summed E-state index contributed by atoms with van der Waals surface area (Å²) in [6.07, 6.45) is 3.77. The van der Waals surface area contributed by atoms with Gasteiger partial charge < -0.3 is 10.0 Å². The molecular weight excluding hydrogens is 290 g/mol. The Morgan fingerprint density at radius 1 is 1.26 bits per heavy atom. The van der Waals surface area contributed by atoms with Crippen molar-refractivity contribution in [3.8, 4) is 12.1 Å². The molecule has 1 N–H and O–H groups in total. The van der Waals surface area contributed by atoms with Gasteiger partial charge >= 0.3 is 0 Å². The van der Waals surface area contributed by atoms with Gasteiger partial charge in [-0.15, -0.1) is 0 Å². The van der Waals surface area contributed by atoms with E-state index in [1.807, 2.05) is 24.3 Å². The van der Waals surface area contributed by atoms with E-state index < -0.39 is 0 Å². The average Bonchev–Trinajstić information content (AvgIpc) is 3.19. The molecule has 23 heavy (non-hydrogen) atoms. The Hall–Kier alpha value is -2.83. The van der Waals surface area contributed by atoms with Crippen LogP contribution in [0.5, 0.6) is 0 Å². The summed E-state index contributed by atoms with van der Waals surface area (Å²) in [5.41, 5.74) is 2.73. The first-order chi connectivity index (χ1) is 11.2. The van der Waals surface area contributed by atoms with Crippen molar-refractivity contribution in [1.29, 1.82) is 10.5 Å². The third kappa shape index (κ3) is 2.65. The van der Waals surface area contributed by atoms with E-state index in [9.17, 15) is 15.6 Å². The molecule has 1 aromatic carbocycles. The van der Waals surface area contributed by atoms with Crippen LogP contribution < -0.4 is 4.90 Å². The Balaban J connectivity index is 1.98. The number of rotatable bonds is 3. The lowest BCUT2D eigenvalue weighted by Crippen LogP contribution is -2.22. The zero-order valence-electron chi connectivity index (χ0n) is 12.8. The number of aryl methyl sites for hydroxylation is 1. The van der Waals surface area contributed by atoms with Crippen LogP contribution >= 0.6 is 0 Å². The summed E-state index contributed by atoms with van der Waals surface area (Å²) in [5, 5.41) is 32.7. The molecule has 1 fully saturated rings. The Kier molecular flexibility index (Phi) is 4.01. The maximum Gasteiger partial charge on any atom is 0.101 e. The Morgan fingerprint density at radius 2 is 1.96 bits per heavy atom. The van der Waals surface area contributed by atoms with Crippen molar-refractivity contribution in [2.45, 2.75) is 5.92 Å². The van der Waals surface area contributed by atoms with Gasteiger partial charge in [0.15, 0.2) is 0 Å². The highest BCUT2D eigenvalue weighted by Crippen LogP contribution is 2.37. The second-order valence-electron chi connectivity index (χ2n) is 5.83. The number of aromatic nitrogens is 2. The molecular formula is C17H17N5O. The van der Waals surface area contributed by atoms with Gasteiger partial charge in [-0.2, -0.15) is 15.6 Å². The quantitative estimate of drug-likeness (QED) is 0.925. The smallest absolute Gasteiger partial charge is 0.101 e. The fourth-order valence-electron chi connectivity index (χ4n) is 3.31. The topological polar surface area (TPSA) is 88.9 Å². The standard InChI is InChI=1S/C17H17N5O/c1-21-8-14(7-20-21)16-10-22(9-15(16)11-23)17-12(5-18)3-2-4-13(17)6-19/h2-4,7-8,15-16,23H,9-11H2,1H3/t15-,16-/m0/s1. The maximum absolute atomic E-state index is 9.74. The second-order valence-corrected chi connectivity index (χ2v) is 5.83. The molecule has 0 saturated carbocycles. The predicted octanol–water partition coefficient (Wildman–Crippen LogP) is 1.38. The van der Waals surface area contributed by atoms with Gasteiger partial charge in [-0.25, -0.2) is 0 Å². The van der Waals surface area contributed by atoms with Crippen molar-refractivity contribution in [2.24, 2.45) is 13.0 Å². The zero-order chi connectivity index (χ0) is 16.4. The highest BCUT2D eigenvalue weighted by Gasteiger charge is 2.35. The minimum atomic E-state index is 0.0532. The Bertz CT molecular complexity index is 766. The molecule has 2 aromatic rings. The molecule has 0 amide bonds. The number of para-hydroxylation sites is 1. The van der Waals surface area contributed by atoms with Gasteiger partial charge in [0.2, 0.25) is 0 Å². The number of nitriles is 2. The minimum Gasteiger partial charge on any atom is -0.396 e. The van der Waals surface area contributed by atoms with E-state index in [0.717, 1.165) is 5.56 Å².